The quantitative estimate of drug-likeness (QED) is 0.546. The van der Waals surface area contributed by atoms with Crippen molar-refractivity contribution in [2.24, 2.45) is 10.3 Å². The molecule has 0 bridgehead atoms. The molecule has 1 amide bonds. The van der Waals surface area contributed by atoms with Crippen molar-refractivity contribution >= 4 is 11.6 Å². The predicted molar refractivity (Wildman–Crippen MR) is 37.4 cm³/mol. The largest absolute Gasteiger partial charge is 0.299 e. The minimum absolute atomic E-state index is 0.324. The molecule has 0 N–H and O–H groups in total. The number of benzene rings is 1. The zero-order valence-electron chi connectivity index (χ0n) is 5.56. The number of fused-ring (bicyclic) bond motifs is 1. The van der Waals surface area contributed by atoms with E-state index < -0.39 is 0 Å². The van der Waals surface area contributed by atoms with Crippen molar-refractivity contribution < 1.29 is 4.79 Å². The number of rotatable bonds is 0. The maximum absolute atomic E-state index is 11.0. The Bertz CT molecular complexity index is 332. The highest BCUT2D eigenvalue weighted by atomic mass is 16.2. The predicted octanol–water partition coefficient (Wildman–Crippen LogP) is 1.44. The van der Waals surface area contributed by atoms with E-state index in [2.05, 4.69) is 15.8 Å². The molecule has 1 aliphatic heterocycles. The van der Waals surface area contributed by atoms with Gasteiger partial charge in [0.15, 0.2) is 0 Å². The second-order valence-corrected chi connectivity index (χ2v) is 2.11. The van der Waals surface area contributed by atoms with E-state index >= 15 is 0 Å². The highest BCUT2D eigenvalue weighted by molar-refractivity contribution is 5.99. The Morgan fingerprint density at radius 2 is 2.00 bits per heavy atom. The topological polar surface area (TPSA) is 55.9 Å². The molecular weight excluding hydrogens is 142 g/mol. The van der Waals surface area contributed by atoms with E-state index in [-0.39, 0.29) is 5.91 Å². The van der Waals surface area contributed by atoms with Gasteiger partial charge in [-0.3, -0.25) is 4.79 Å². The molecule has 0 spiro atoms. The van der Waals surface area contributed by atoms with Gasteiger partial charge in [-0.05, 0) is 17.4 Å². The molecule has 1 aromatic rings. The van der Waals surface area contributed by atoms with Crippen molar-refractivity contribution in [1.29, 1.82) is 0 Å². The molecular formula is C7H4N3O. The molecule has 1 heterocycles. The van der Waals surface area contributed by atoms with Gasteiger partial charge in [0, 0.05) is 0 Å². The summed E-state index contributed by atoms with van der Waals surface area (Å²) in [4.78, 5) is 11.0. The molecule has 2 rings (SSSR count). The second kappa shape index (κ2) is 2.16. The highest BCUT2D eigenvalue weighted by Crippen LogP contribution is 2.21. The normalized spacial score (nSPS) is 14.0. The van der Waals surface area contributed by atoms with Crippen LogP contribution in [-0.2, 0) is 0 Å². The lowest BCUT2D eigenvalue weighted by atomic mass is 10.2. The van der Waals surface area contributed by atoms with Crippen LogP contribution in [0.4, 0.5) is 5.69 Å². The summed E-state index contributed by atoms with van der Waals surface area (Å²) < 4.78 is 0. The van der Waals surface area contributed by atoms with Crippen LogP contribution in [0.3, 0.4) is 0 Å². The van der Waals surface area contributed by atoms with Gasteiger partial charge in [0.1, 0.15) is 5.69 Å². The number of amides is 1. The molecule has 53 valence electrons. The molecule has 1 aromatic carbocycles. The van der Waals surface area contributed by atoms with Gasteiger partial charge in [-0.15, -0.1) is 5.11 Å². The van der Waals surface area contributed by atoms with Gasteiger partial charge in [0.25, 0.3) is 5.91 Å². The molecule has 0 atom stereocenters. The third kappa shape index (κ3) is 0.881. The summed E-state index contributed by atoms with van der Waals surface area (Å²) in [5, 5.41) is 6.98. The van der Waals surface area contributed by atoms with Crippen molar-refractivity contribution in [3.8, 4) is 0 Å². The Labute approximate surface area is 62.9 Å². The minimum atomic E-state index is -0.324. The number of nitrogens with zero attached hydrogens (tertiary/aromatic N) is 3. The van der Waals surface area contributed by atoms with Gasteiger partial charge in [-0.25, -0.2) is 0 Å². The van der Waals surface area contributed by atoms with Gasteiger partial charge >= 0.3 is 0 Å². The lowest BCUT2D eigenvalue weighted by molar-refractivity contribution is 0.0943. The smallest absolute Gasteiger partial charge is 0.265 e. The van der Waals surface area contributed by atoms with E-state index in [9.17, 15) is 4.79 Å². The third-order valence-corrected chi connectivity index (χ3v) is 1.42. The Morgan fingerprint density at radius 1 is 1.18 bits per heavy atom. The zero-order chi connectivity index (χ0) is 7.68. The SMILES string of the molecule is O=C1[N]N=Nc2ccccc21. The third-order valence-electron chi connectivity index (χ3n) is 1.42. The van der Waals surface area contributed by atoms with E-state index in [4.69, 9.17) is 0 Å². The Hall–Kier alpha value is -1.71. The first-order chi connectivity index (χ1) is 5.38. The van der Waals surface area contributed by atoms with E-state index in [0.29, 0.717) is 11.3 Å². The van der Waals surface area contributed by atoms with Crippen molar-refractivity contribution in [1.82, 2.24) is 5.43 Å². The molecule has 0 aliphatic carbocycles. The van der Waals surface area contributed by atoms with Crippen LogP contribution in [0.25, 0.3) is 0 Å². The van der Waals surface area contributed by atoms with Crippen LogP contribution in [0.5, 0.6) is 0 Å². The van der Waals surface area contributed by atoms with Gasteiger partial charge < -0.3 is 0 Å². The molecule has 4 nitrogen and oxygen atoms in total. The fourth-order valence-electron chi connectivity index (χ4n) is 0.907. The van der Waals surface area contributed by atoms with Crippen LogP contribution in [0, 0.1) is 0 Å². The molecule has 0 saturated carbocycles. The van der Waals surface area contributed by atoms with Crippen molar-refractivity contribution in [2.75, 3.05) is 0 Å². The summed E-state index contributed by atoms with van der Waals surface area (Å²) >= 11 is 0. The molecule has 0 aromatic heterocycles. The van der Waals surface area contributed by atoms with Crippen molar-refractivity contribution in [2.45, 2.75) is 0 Å². The van der Waals surface area contributed by atoms with E-state index in [1.165, 1.54) is 0 Å². The lowest BCUT2D eigenvalue weighted by Gasteiger charge is -2.03. The molecule has 0 saturated heterocycles. The average molecular weight is 146 g/mol. The van der Waals surface area contributed by atoms with Crippen LogP contribution < -0.4 is 5.43 Å². The number of carbonyl (C=O) groups is 1. The molecule has 0 unspecified atom stereocenters. The van der Waals surface area contributed by atoms with Crippen LogP contribution in [0.1, 0.15) is 10.4 Å². The van der Waals surface area contributed by atoms with Gasteiger partial charge in [-0.1, -0.05) is 17.6 Å². The molecule has 11 heavy (non-hydrogen) atoms. The first kappa shape index (κ1) is 6.03. The van der Waals surface area contributed by atoms with Gasteiger partial charge in [0.2, 0.25) is 0 Å². The van der Waals surface area contributed by atoms with Crippen LogP contribution >= 0.6 is 0 Å². The first-order valence-electron chi connectivity index (χ1n) is 3.13. The molecule has 4 heteroatoms. The van der Waals surface area contributed by atoms with E-state index in [1.807, 2.05) is 0 Å². The maximum atomic E-state index is 11.0. The monoisotopic (exact) mass is 146 g/mol. The minimum Gasteiger partial charge on any atom is -0.265 e. The van der Waals surface area contributed by atoms with Crippen molar-refractivity contribution in [3.63, 3.8) is 0 Å². The fourth-order valence-corrected chi connectivity index (χ4v) is 0.907. The van der Waals surface area contributed by atoms with Crippen LogP contribution in [0.15, 0.2) is 34.6 Å². The number of carbonyl (C=O) groups excluding carboxylic acids is 1. The molecule has 1 radical (unpaired) electrons. The summed E-state index contributed by atoms with van der Waals surface area (Å²) in [6.45, 7) is 0. The summed E-state index contributed by atoms with van der Waals surface area (Å²) in [5.41, 5.74) is 4.40. The van der Waals surface area contributed by atoms with Crippen LogP contribution in [-0.4, -0.2) is 5.91 Å². The summed E-state index contributed by atoms with van der Waals surface area (Å²) in [6, 6.07) is 6.98. The van der Waals surface area contributed by atoms with Gasteiger partial charge in [-0.2, -0.15) is 0 Å². The average Bonchev–Trinajstić information content (AvgIpc) is 2.06. The standard InChI is InChI=1S/C7H4N3O/c11-7-5-3-1-2-4-6(5)8-10-9-7/h1-4H. The Morgan fingerprint density at radius 3 is 2.82 bits per heavy atom. The lowest BCUT2D eigenvalue weighted by Crippen LogP contribution is -2.12. The highest BCUT2D eigenvalue weighted by Gasteiger charge is 2.14. The summed E-state index contributed by atoms with van der Waals surface area (Å²) in [5.74, 6) is -0.324. The van der Waals surface area contributed by atoms with Gasteiger partial charge in [0.05, 0.1) is 5.56 Å². The Kier molecular flexibility index (Phi) is 1.18. The van der Waals surface area contributed by atoms with E-state index in [1.54, 1.807) is 24.3 Å². The fraction of sp³-hybridized carbons (Fsp3) is 0. The number of hydrogen-bond donors (Lipinski definition) is 0. The summed E-state index contributed by atoms with van der Waals surface area (Å²) in [7, 11) is 0. The molecule has 0 fully saturated rings. The second-order valence-electron chi connectivity index (χ2n) is 2.11. The van der Waals surface area contributed by atoms with Crippen LogP contribution in [0.2, 0.25) is 0 Å². The molecule has 1 aliphatic rings. The maximum Gasteiger partial charge on any atom is 0.299 e. The number of hydrogen-bond acceptors (Lipinski definition) is 3. The Balaban J connectivity index is 2.63. The van der Waals surface area contributed by atoms with E-state index in [0.717, 1.165) is 0 Å². The first-order valence-corrected chi connectivity index (χ1v) is 3.13. The van der Waals surface area contributed by atoms with Crippen molar-refractivity contribution in [3.05, 3.63) is 29.8 Å². The zero-order valence-corrected chi connectivity index (χ0v) is 5.56. The summed E-state index contributed by atoms with van der Waals surface area (Å²) in [6.07, 6.45) is 0.